The van der Waals surface area contributed by atoms with E-state index in [1.165, 1.54) is 0 Å². The largest absolute Gasteiger partial charge is 0.500 e. The van der Waals surface area contributed by atoms with Crippen molar-refractivity contribution in [1.82, 2.24) is 0 Å². The molecule has 1 heterocycles. The second-order valence-corrected chi connectivity index (χ2v) is 7.38. The van der Waals surface area contributed by atoms with Gasteiger partial charge < -0.3 is 22.8 Å². The highest BCUT2D eigenvalue weighted by atomic mass is 28.4. The molecule has 0 bridgehead atoms. The van der Waals surface area contributed by atoms with Crippen LogP contribution in [0.1, 0.15) is 19.8 Å². The Bertz CT molecular complexity index is 198. The summed E-state index contributed by atoms with van der Waals surface area (Å²) in [5.74, 6) is 0. The summed E-state index contributed by atoms with van der Waals surface area (Å²) >= 11 is 0. The van der Waals surface area contributed by atoms with Crippen molar-refractivity contribution in [3.05, 3.63) is 0 Å². The van der Waals surface area contributed by atoms with Crippen LogP contribution in [-0.2, 0) is 22.8 Å². The molecule has 0 aromatic rings. The van der Waals surface area contributed by atoms with Crippen LogP contribution in [-0.4, -0.2) is 55.6 Å². The van der Waals surface area contributed by atoms with Gasteiger partial charge in [-0.25, -0.2) is 0 Å². The molecule has 1 aliphatic heterocycles. The summed E-state index contributed by atoms with van der Waals surface area (Å²) in [6.45, 7) is 3.64. The molecule has 102 valence electrons. The van der Waals surface area contributed by atoms with Crippen LogP contribution in [0.2, 0.25) is 6.04 Å². The van der Waals surface area contributed by atoms with E-state index in [9.17, 15) is 0 Å². The second-order valence-electron chi connectivity index (χ2n) is 4.29. The summed E-state index contributed by atoms with van der Waals surface area (Å²) in [6.07, 6.45) is 2.55. The van der Waals surface area contributed by atoms with Gasteiger partial charge in [0.1, 0.15) is 6.10 Å². The Balaban J connectivity index is 2.11. The molecule has 0 spiro atoms. The maximum absolute atomic E-state index is 5.65. The van der Waals surface area contributed by atoms with Crippen LogP contribution in [0.5, 0.6) is 0 Å². The fraction of sp³-hybridized carbons (Fsp3) is 1.00. The lowest BCUT2D eigenvalue weighted by Crippen LogP contribution is -2.42. The van der Waals surface area contributed by atoms with Gasteiger partial charge in [-0.2, -0.15) is 0 Å². The predicted molar refractivity (Wildman–Crippen MR) is 66.0 cm³/mol. The molecule has 0 amide bonds. The highest BCUT2D eigenvalue weighted by Gasteiger charge is 2.37. The van der Waals surface area contributed by atoms with E-state index in [2.05, 4.69) is 6.92 Å². The van der Waals surface area contributed by atoms with E-state index in [0.29, 0.717) is 12.7 Å². The Kier molecular flexibility index (Phi) is 6.61. The van der Waals surface area contributed by atoms with Gasteiger partial charge in [0.05, 0.1) is 19.3 Å². The minimum Gasteiger partial charge on any atom is -0.377 e. The summed E-state index contributed by atoms with van der Waals surface area (Å²) in [6, 6.07) is 0.824. The average molecular weight is 264 g/mol. The molecule has 0 aromatic carbocycles. The van der Waals surface area contributed by atoms with Crippen molar-refractivity contribution in [3.63, 3.8) is 0 Å². The molecule has 17 heavy (non-hydrogen) atoms. The lowest BCUT2D eigenvalue weighted by Gasteiger charge is -2.24. The molecular weight excluding hydrogens is 240 g/mol. The number of rotatable bonds is 10. The van der Waals surface area contributed by atoms with Gasteiger partial charge in [-0.05, 0) is 19.8 Å². The van der Waals surface area contributed by atoms with Crippen LogP contribution < -0.4 is 0 Å². The van der Waals surface area contributed by atoms with Gasteiger partial charge in [0.15, 0.2) is 0 Å². The van der Waals surface area contributed by atoms with Crippen LogP contribution in [0.4, 0.5) is 0 Å². The van der Waals surface area contributed by atoms with E-state index in [1.54, 1.807) is 21.3 Å². The Labute approximate surface area is 105 Å². The summed E-state index contributed by atoms with van der Waals surface area (Å²) in [5.41, 5.74) is 0. The molecule has 6 heteroatoms. The van der Waals surface area contributed by atoms with Crippen molar-refractivity contribution < 1.29 is 22.8 Å². The molecule has 1 aliphatic rings. The van der Waals surface area contributed by atoms with Crippen LogP contribution >= 0.6 is 0 Å². The highest BCUT2D eigenvalue weighted by molar-refractivity contribution is 6.60. The first kappa shape index (κ1) is 15.1. The number of ether oxygens (including phenoxy) is 2. The predicted octanol–water partition coefficient (Wildman–Crippen LogP) is 1.45. The second kappa shape index (κ2) is 7.45. The van der Waals surface area contributed by atoms with Crippen molar-refractivity contribution in [2.24, 2.45) is 0 Å². The molecule has 2 unspecified atom stereocenters. The van der Waals surface area contributed by atoms with Crippen LogP contribution in [0.3, 0.4) is 0 Å². The SMILES string of the molecule is CO[Si](CCCC(C)OCC1CO1)(OC)OC. The first-order chi connectivity index (χ1) is 8.15. The molecule has 5 nitrogen and oxygen atoms in total. The van der Waals surface area contributed by atoms with Crippen LogP contribution in [0.25, 0.3) is 0 Å². The van der Waals surface area contributed by atoms with Crippen molar-refractivity contribution in [1.29, 1.82) is 0 Å². The maximum Gasteiger partial charge on any atom is 0.500 e. The first-order valence-electron chi connectivity index (χ1n) is 6.04. The minimum absolute atomic E-state index is 0.247. The normalized spacial score (nSPS) is 21.5. The number of hydrogen-bond acceptors (Lipinski definition) is 5. The summed E-state index contributed by atoms with van der Waals surface area (Å²) in [5, 5.41) is 0. The quantitative estimate of drug-likeness (QED) is 0.441. The molecule has 1 fully saturated rings. The van der Waals surface area contributed by atoms with Gasteiger partial charge in [0.25, 0.3) is 0 Å². The Morgan fingerprint density at radius 3 is 2.29 bits per heavy atom. The molecule has 0 saturated carbocycles. The van der Waals surface area contributed by atoms with E-state index in [0.717, 1.165) is 25.5 Å². The van der Waals surface area contributed by atoms with Crippen molar-refractivity contribution in [2.75, 3.05) is 34.5 Å². The molecule has 0 N–H and O–H groups in total. The third-order valence-electron chi connectivity index (χ3n) is 3.00. The Morgan fingerprint density at radius 2 is 1.82 bits per heavy atom. The smallest absolute Gasteiger partial charge is 0.377 e. The molecule has 1 saturated heterocycles. The van der Waals surface area contributed by atoms with Gasteiger partial charge in [0, 0.05) is 27.4 Å². The van der Waals surface area contributed by atoms with Gasteiger partial charge in [-0.1, -0.05) is 0 Å². The van der Waals surface area contributed by atoms with E-state index in [-0.39, 0.29) is 6.10 Å². The molecule has 0 aliphatic carbocycles. The van der Waals surface area contributed by atoms with E-state index in [4.69, 9.17) is 22.8 Å². The van der Waals surface area contributed by atoms with Gasteiger partial charge in [0.2, 0.25) is 0 Å². The molecule has 1 rings (SSSR count). The van der Waals surface area contributed by atoms with Crippen molar-refractivity contribution in [2.45, 2.75) is 38.0 Å². The molecule has 0 radical (unpaired) electrons. The molecule has 0 aromatic heterocycles. The third kappa shape index (κ3) is 5.46. The molecular formula is C11H24O5Si. The minimum atomic E-state index is -2.40. The van der Waals surface area contributed by atoms with Crippen molar-refractivity contribution in [3.8, 4) is 0 Å². The zero-order chi connectivity index (χ0) is 12.7. The number of epoxide rings is 1. The zero-order valence-corrected chi connectivity index (χ0v) is 12.2. The van der Waals surface area contributed by atoms with Crippen LogP contribution in [0.15, 0.2) is 0 Å². The monoisotopic (exact) mass is 264 g/mol. The lowest BCUT2D eigenvalue weighted by molar-refractivity contribution is 0.0473. The fourth-order valence-corrected chi connectivity index (χ4v) is 3.43. The van der Waals surface area contributed by atoms with E-state index >= 15 is 0 Å². The van der Waals surface area contributed by atoms with Gasteiger partial charge in [-0.15, -0.1) is 0 Å². The van der Waals surface area contributed by atoms with Gasteiger partial charge in [-0.3, -0.25) is 0 Å². The Morgan fingerprint density at radius 1 is 1.24 bits per heavy atom. The lowest BCUT2D eigenvalue weighted by atomic mass is 10.2. The zero-order valence-electron chi connectivity index (χ0n) is 11.2. The first-order valence-corrected chi connectivity index (χ1v) is 7.97. The highest BCUT2D eigenvalue weighted by Crippen LogP contribution is 2.18. The van der Waals surface area contributed by atoms with E-state index < -0.39 is 8.80 Å². The van der Waals surface area contributed by atoms with E-state index in [1.807, 2.05) is 0 Å². The Hall–Kier alpha value is 0.0169. The molecule has 2 atom stereocenters. The van der Waals surface area contributed by atoms with Gasteiger partial charge >= 0.3 is 8.80 Å². The maximum atomic E-state index is 5.65. The summed E-state index contributed by atoms with van der Waals surface area (Å²) in [4.78, 5) is 0. The fourth-order valence-electron chi connectivity index (χ4n) is 1.68. The topological polar surface area (TPSA) is 49.5 Å². The van der Waals surface area contributed by atoms with Crippen molar-refractivity contribution >= 4 is 8.80 Å². The standard InChI is InChI=1S/C11H24O5Si/c1-10(15-8-11-9-16-11)6-5-7-17(12-2,13-3)14-4/h10-11H,5-9H2,1-4H3. The summed E-state index contributed by atoms with van der Waals surface area (Å²) in [7, 11) is 2.53. The third-order valence-corrected chi connectivity index (χ3v) is 5.83. The number of hydrogen-bond donors (Lipinski definition) is 0. The summed E-state index contributed by atoms with van der Waals surface area (Å²) < 4.78 is 26.8. The average Bonchev–Trinajstić information content (AvgIpc) is 3.17. The van der Waals surface area contributed by atoms with Crippen LogP contribution in [0, 0.1) is 0 Å².